The largest absolute Gasteiger partial charge is 0.372 e. The molecule has 2 heterocycles. The molecule has 2 atom stereocenters. The van der Waals surface area contributed by atoms with Crippen molar-refractivity contribution < 1.29 is 9.53 Å². The van der Waals surface area contributed by atoms with Crippen molar-refractivity contribution in [1.82, 2.24) is 19.9 Å². The van der Waals surface area contributed by atoms with Crippen LogP contribution in [0.2, 0.25) is 0 Å². The molecular weight excluding hydrogens is 280 g/mol. The maximum absolute atomic E-state index is 12.1. The van der Waals surface area contributed by atoms with Crippen LogP contribution in [0.3, 0.4) is 0 Å². The Kier molecular flexibility index (Phi) is 4.61. The number of nitrogen functional groups attached to an aromatic ring is 2. The van der Waals surface area contributed by atoms with Gasteiger partial charge in [0.25, 0.3) is 0 Å². The maximum Gasteiger partial charge on any atom is 0.233 e. The molecule has 0 saturated carbocycles. The summed E-state index contributed by atoms with van der Waals surface area (Å²) in [4.78, 5) is 25.5. The molecule has 1 aliphatic rings. The minimum absolute atomic E-state index is 0.0227. The van der Waals surface area contributed by atoms with Gasteiger partial charge >= 0.3 is 0 Å². The first-order chi connectivity index (χ1) is 9.44. The zero-order valence-corrected chi connectivity index (χ0v) is 12.3. The molecule has 2 rings (SSSR count). The summed E-state index contributed by atoms with van der Waals surface area (Å²) in [5.74, 6) is 0.374. The fourth-order valence-corrected chi connectivity index (χ4v) is 2.80. The smallest absolute Gasteiger partial charge is 0.233 e. The molecule has 1 saturated heterocycles. The highest BCUT2D eigenvalue weighted by Gasteiger charge is 2.25. The summed E-state index contributed by atoms with van der Waals surface area (Å²) in [7, 11) is 0. The van der Waals surface area contributed by atoms with Gasteiger partial charge in [0.15, 0.2) is 5.16 Å². The molecule has 1 amide bonds. The van der Waals surface area contributed by atoms with Crippen molar-refractivity contribution in [3.05, 3.63) is 0 Å². The van der Waals surface area contributed by atoms with Crippen molar-refractivity contribution in [3.8, 4) is 0 Å². The van der Waals surface area contributed by atoms with Gasteiger partial charge < -0.3 is 21.1 Å². The Bertz CT molecular complexity index is 470. The van der Waals surface area contributed by atoms with Crippen molar-refractivity contribution in [1.29, 1.82) is 0 Å². The number of aromatic nitrogens is 3. The number of thioether (sulfide) groups is 1. The van der Waals surface area contributed by atoms with Crippen LogP contribution in [0, 0.1) is 0 Å². The van der Waals surface area contributed by atoms with E-state index in [1.807, 2.05) is 13.8 Å². The van der Waals surface area contributed by atoms with E-state index in [0.717, 1.165) is 0 Å². The van der Waals surface area contributed by atoms with Crippen molar-refractivity contribution in [3.63, 3.8) is 0 Å². The quantitative estimate of drug-likeness (QED) is 0.734. The standard InChI is InChI=1S/C11H18N6O2S/c1-6-3-17(4-7(2)19-6)8(18)5-20-11-15-9(12)14-10(13)16-11/h6-7H,3-5H2,1-2H3,(H4,12,13,14,15,16)/t6-,7+. The third kappa shape index (κ3) is 3.94. The van der Waals surface area contributed by atoms with Gasteiger partial charge in [-0.15, -0.1) is 0 Å². The van der Waals surface area contributed by atoms with Gasteiger partial charge in [-0.3, -0.25) is 4.79 Å². The van der Waals surface area contributed by atoms with E-state index in [4.69, 9.17) is 16.2 Å². The molecule has 9 heteroatoms. The molecule has 8 nitrogen and oxygen atoms in total. The SMILES string of the molecule is C[C@@H]1CN(C(=O)CSc2nc(N)nc(N)n2)C[C@H](C)O1. The van der Waals surface area contributed by atoms with Gasteiger partial charge in [-0.2, -0.15) is 15.0 Å². The van der Waals surface area contributed by atoms with Crippen LogP contribution in [0.1, 0.15) is 13.8 Å². The number of hydrogen-bond acceptors (Lipinski definition) is 8. The van der Waals surface area contributed by atoms with E-state index in [1.165, 1.54) is 11.8 Å². The molecule has 0 spiro atoms. The Hall–Kier alpha value is -1.61. The lowest BCUT2D eigenvalue weighted by Crippen LogP contribution is -2.48. The van der Waals surface area contributed by atoms with Gasteiger partial charge in [-0.25, -0.2) is 0 Å². The van der Waals surface area contributed by atoms with E-state index in [1.54, 1.807) is 4.90 Å². The Labute approximate surface area is 121 Å². The summed E-state index contributed by atoms with van der Waals surface area (Å²) in [5.41, 5.74) is 11.0. The molecule has 0 bridgehead atoms. The Morgan fingerprint density at radius 2 is 1.80 bits per heavy atom. The van der Waals surface area contributed by atoms with Crippen LogP contribution >= 0.6 is 11.8 Å². The lowest BCUT2D eigenvalue weighted by Gasteiger charge is -2.35. The number of carbonyl (C=O) groups excluding carboxylic acids is 1. The molecular formula is C11H18N6O2S. The lowest BCUT2D eigenvalue weighted by molar-refractivity contribution is -0.140. The summed E-state index contributed by atoms with van der Waals surface area (Å²) < 4.78 is 5.59. The Morgan fingerprint density at radius 1 is 1.25 bits per heavy atom. The third-order valence-electron chi connectivity index (χ3n) is 2.75. The molecule has 1 aromatic rings. The highest BCUT2D eigenvalue weighted by atomic mass is 32.2. The van der Waals surface area contributed by atoms with Crippen molar-refractivity contribution in [2.24, 2.45) is 0 Å². The normalized spacial score (nSPS) is 22.8. The van der Waals surface area contributed by atoms with E-state index in [9.17, 15) is 4.79 Å². The summed E-state index contributed by atoms with van der Waals surface area (Å²) in [5, 5.41) is 0.359. The lowest BCUT2D eigenvalue weighted by atomic mass is 10.2. The van der Waals surface area contributed by atoms with Crippen LogP contribution < -0.4 is 11.5 Å². The predicted octanol–water partition coefficient (Wildman–Crippen LogP) is -0.236. The van der Waals surface area contributed by atoms with Crippen LogP contribution in [-0.2, 0) is 9.53 Å². The minimum Gasteiger partial charge on any atom is -0.372 e. The summed E-state index contributed by atoms with van der Waals surface area (Å²) in [6, 6.07) is 0. The number of carbonyl (C=O) groups is 1. The molecule has 1 aromatic heterocycles. The van der Waals surface area contributed by atoms with E-state index < -0.39 is 0 Å². The fraction of sp³-hybridized carbons (Fsp3) is 0.636. The van der Waals surface area contributed by atoms with Crippen molar-refractivity contribution in [2.75, 3.05) is 30.3 Å². The van der Waals surface area contributed by atoms with Gasteiger partial charge in [0.1, 0.15) is 0 Å². The van der Waals surface area contributed by atoms with E-state index in [0.29, 0.717) is 18.2 Å². The average molecular weight is 298 g/mol. The van der Waals surface area contributed by atoms with Gasteiger partial charge in [0.2, 0.25) is 17.8 Å². The summed E-state index contributed by atoms with van der Waals surface area (Å²) in [6.07, 6.45) is 0.104. The number of nitrogens with zero attached hydrogens (tertiary/aromatic N) is 4. The second kappa shape index (κ2) is 6.23. The molecule has 20 heavy (non-hydrogen) atoms. The number of amides is 1. The van der Waals surface area contributed by atoms with Crippen LogP contribution in [0.15, 0.2) is 5.16 Å². The van der Waals surface area contributed by atoms with Gasteiger partial charge in [-0.05, 0) is 13.8 Å². The van der Waals surface area contributed by atoms with Crippen molar-refractivity contribution >= 4 is 29.6 Å². The first kappa shape index (κ1) is 14.8. The topological polar surface area (TPSA) is 120 Å². The monoisotopic (exact) mass is 298 g/mol. The van der Waals surface area contributed by atoms with Gasteiger partial charge in [-0.1, -0.05) is 11.8 Å². The Morgan fingerprint density at radius 3 is 2.35 bits per heavy atom. The average Bonchev–Trinajstić information content (AvgIpc) is 2.33. The second-order valence-corrected chi connectivity index (χ2v) is 5.62. The van der Waals surface area contributed by atoms with Gasteiger partial charge in [0, 0.05) is 13.1 Å². The third-order valence-corrected chi connectivity index (χ3v) is 3.58. The first-order valence-corrected chi connectivity index (χ1v) is 7.25. The van der Waals surface area contributed by atoms with E-state index in [-0.39, 0.29) is 35.8 Å². The number of ether oxygens (including phenoxy) is 1. The van der Waals surface area contributed by atoms with Crippen LogP contribution in [-0.4, -0.2) is 56.8 Å². The maximum atomic E-state index is 12.1. The highest BCUT2D eigenvalue weighted by Crippen LogP contribution is 2.17. The minimum atomic E-state index is 0.0227. The number of hydrogen-bond donors (Lipinski definition) is 2. The van der Waals surface area contributed by atoms with Crippen LogP contribution in [0.25, 0.3) is 0 Å². The summed E-state index contributed by atoms with van der Waals surface area (Å²) in [6.45, 7) is 5.11. The molecule has 110 valence electrons. The fourth-order valence-electron chi connectivity index (χ4n) is 2.05. The molecule has 0 radical (unpaired) electrons. The van der Waals surface area contributed by atoms with Gasteiger partial charge in [0.05, 0.1) is 18.0 Å². The van der Waals surface area contributed by atoms with E-state index >= 15 is 0 Å². The summed E-state index contributed by atoms with van der Waals surface area (Å²) >= 11 is 1.20. The molecule has 0 aliphatic carbocycles. The highest BCUT2D eigenvalue weighted by molar-refractivity contribution is 7.99. The van der Waals surface area contributed by atoms with Crippen LogP contribution in [0.4, 0.5) is 11.9 Å². The number of anilines is 2. The van der Waals surface area contributed by atoms with E-state index in [2.05, 4.69) is 15.0 Å². The number of nitrogens with two attached hydrogens (primary N) is 2. The predicted molar refractivity (Wildman–Crippen MR) is 76.0 cm³/mol. The zero-order valence-electron chi connectivity index (χ0n) is 11.4. The molecule has 0 aromatic carbocycles. The first-order valence-electron chi connectivity index (χ1n) is 6.27. The molecule has 0 unspecified atom stereocenters. The molecule has 1 fully saturated rings. The zero-order chi connectivity index (χ0) is 14.7. The molecule has 1 aliphatic heterocycles. The van der Waals surface area contributed by atoms with Crippen molar-refractivity contribution in [2.45, 2.75) is 31.2 Å². The van der Waals surface area contributed by atoms with Crippen LogP contribution in [0.5, 0.6) is 0 Å². The Balaban J connectivity index is 1.91. The number of rotatable bonds is 3. The second-order valence-electron chi connectivity index (χ2n) is 4.68. The molecule has 4 N–H and O–H groups in total. The number of morpholine rings is 1.